The molecule has 30 heavy (non-hydrogen) atoms. The lowest BCUT2D eigenvalue weighted by Gasteiger charge is -2.13. The van der Waals surface area contributed by atoms with Gasteiger partial charge in [0.05, 0.1) is 5.56 Å². The summed E-state index contributed by atoms with van der Waals surface area (Å²) < 4.78 is 10.8. The second kappa shape index (κ2) is 10.1. The number of nitrogens with one attached hydrogen (secondary N) is 1. The first-order valence-corrected chi connectivity index (χ1v) is 9.52. The first kappa shape index (κ1) is 20.9. The third-order valence-corrected chi connectivity index (χ3v) is 4.34. The van der Waals surface area contributed by atoms with Crippen molar-refractivity contribution in [2.45, 2.75) is 6.61 Å². The molecule has 0 atom stereocenters. The summed E-state index contributed by atoms with van der Waals surface area (Å²) >= 11 is 0. The Labute approximate surface area is 176 Å². The lowest BCUT2D eigenvalue weighted by molar-refractivity contribution is -0.119. The molecule has 0 saturated carbocycles. The molecule has 0 saturated heterocycles. The Hall–Kier alpha value is -3.80. The van der Waals surface area contributed by atoms with E-state index < -0.39 is 11.9 Å². The molecule has 6 nitrogen and oxygen atoms in total. The lowest BCUT2D eigenvalue weighted by Crippen LogP contribution is -2.21. The van der Waals surface area contributed by atoms with Gasteiger partial charge >= 0.3 is 5.97 Å². The summed E-state index contributed by atoms with van der Waals surface area (Å²) in [5, 5.41) is 2.71. The number of amides is 1. The van der Waals surface area contributed by atoms with Crippen LogP contribution in [0.4, 0.5) is 11.4 Å². The highest BCUT2D eigenvalue weighted by Crippen LogP contribution is 2.16. The fourth-order valence-corrected chi connectivity index (χ4v) is 2.67. The maximum Gasteiger partial charge on any atom is 0.338 e. The number of benzene rings is 3. The minimum absolute atomic E-state index is 0.354. The number of anilines is 2. The van der Waals surface area contributed by atoms with E-state index in [-0.39, 0.29) is 6.61 Å². The zero-order chi connectivity index (χ0) is 21.3. The number of rotatable bonds is 8. The largest absolute Gasteiger partial charge is 0.489 e. The van der Waals surface area contributed by atoms with Crippen LogP contribution in [0.15, 0.2) is 78.9 Å². The van der Waals surface area contributed by atoms with E-state index in [9.17, 15) is 9.59 Å². The number of carbonyl (C=O) groups is 2. The summed E-state index contributed by atoms with van der Waals surface area (Å²) in [6.07, 6.45) is 0. The average Bonchev–Trinajstić information content (AvgIpc) is 2.77. The molecule has 1 N–H and O–H groups in total. The second-order valence-electron chi connectivity index (χ2n) is 6.86. The van der Waals surface area contributed by atoms with Crippen molar-refractivity contribution in [1.29, 1.82) is 0 Å². The van der Waals surface area contributed by atoms with E-state index in [1.165, 1.54) is 0 Å². The molecule has 0 aliphatic rings. The van der Waals surface area contributed by atoms with Gasteiger partial charge in [-0.05, 0) is 54.1 Å². The number of hydrogen-bond acceptors (Lipinski definition) is 5. The quantitative estimate of drug-likeness (QED) is 0.572. The summed E-state index contributed by atoms with van der Waals surface area (Å²) in [6, 6.07) is 23.8. The topological polar surface area (TPSA) is 67.9 Å². The molecule has 0 aromatic heterocycles. The summed E-state index contributed by atoms with van der Waals surface area (Å²) in [7, 11) is 3.88. The van der Waals surface area contributed by atoms with E-state index in [2.05, 4.69) is 5.32 Å². The highest BCUT2D eigenvalue weighted by molar-refractivity contribution is 5.95. The van der Waals surface area contributed by atoms with Crippen LogP contribution in [0.3, 0.4) is 0 Å². The van der Waals surface area contributed by atoms with Crippen LogP contribution in [0.5, 0.6) is 5.75 Å². The Morgan fingerprint density at radius 3 is 2.17 bits per heavy atom. The molecule has 3 aromatic rings. The molecule has 6 heteroatoms. The average molecular weight is 404 g/mol. The number of para-hydroxylation sites is 1. The molecule has 154 valence electrons. The van der Waals surface area contributed by atoms with Crippen molar-refractivity contribution in [2.24, 2.45) is 0 Å². The second-order valence-corrected chi connectivity index (χ2v) is 6.86. The Kier molecular flexibility index (Phi) is 7.05. The summed E-state index contributed by atoms with van der Waals surface area (Å²) in [5.41, 5.74) is 2.97. The Balaban J connectivity index is 1.45. The van der Waals surface area contributed by atoms with Crippen LogP contribution < -0.4 is 15.0 Å². The molecule has 3 rings (SSSR count). The first-order valence-electron chi connectivity index (χ1n) is 9.52. The molecular formula is C24H24N2O4. The smallest absolute Gasteiger partial charge is 0.338 e. The number of esters is 1. The van der Waals surface area contributed by atoms with Crippen LogP contribution in [0.2, 0.25) is 0 Å². The van der Waals surface area contributed by atoms with Crippen LogP contribution in [0.25, 0.3) is 0 Å². The standard InChI is InChI=1S/C24H24N2O4/c1-26(2)21-14-12-20(13-15-21)25-23(27)17-30-24(28)19-10-8-18(9-11-19)16-29-22-6-4-3-5-7-22/h3-15H,16-17H2,1-2H3,(H,25,27). The molecule has 0 spiro atoms. The zero-order valence-corrected chi connectivity index (χ0v) is 17.0. The molecule has 0 aliphatic heterocycles. The Morgan fingerprint density at radius 1 is 0.867 bits per heavy atom. The van der Waals surface area contributed by atoms with Gasteiger partial charge in [-0.15, -0.1) is 0 Å². The first-order chi connectivity index (χ1) is 14.5. The Morgan fingerprint density at radius 2 is 1.53 bits per heavy atom. The third kappa shape index (κ3) is 6.10. The molecule has 0 fully saturated rings. The molecule has 0 unspecified atom stereocenters. The minimum Gasteiger partial charge on any atom is -0.489 e. The van der Waals surface area contributed by atoms with Crippen molar-refractivity contribution in [2.75, 3.05) is 30.9 Å². The van der Waals surface area contributed by atoms with Crippen molar-refractivity contribution in [1.82, 2.24) is 0 Å². The summed E-state index contributed by atoms with van der Waals surface area (Å²) in [5.74, 6) is -0.166. The van der Waals surface area contributed by atoms with E-state index in [0.29, 0.717) is 17.9 Å². The highest BCUT2D eigenvalue weighted by atomic mass is 16.5. The van der Waals surface area contributed by atoms with E-state index >= 15 is 0 Å². The van der Waals surface area contributed by atoms with Crippen LogP contribution >= 0.6 is 0 Å². The Bertz CT molecular complexity index is 968. The summed E-state index contributed by atoms with van der Waals surface area (Å²) in [6.45, 7) is 0.0431. The number of nitrogens with zero attached hydrogens (tertiary/aromatic N) is 1. The van der Waals surface area contributed by atoms with Gasteiger partial charge in [0.1, 0.15) is 12.4 Å². The van der Waals surface area contributed by atoms with E-state index in [4.69, 9.17) is 9.47 Å². The monoisotopic (exact) mass is 404 g/mol. The van der Waals surface area contributed by atoms with Crippen LogP contribution in [0, 0.1) is 0 Å². The molecule has 0 aliphatic carbocycles. The maximum absolute atomic E-state index is 12.2. The SMILES string of the molecule is CN(C)c1ccc(NC(=O)COC(=O)c2ccc(COc3ccccc3)cc2)cc1. The zero-order valence-electron chi connectivity index (χ0n) is 17.0. The van der Waals surface area contributed by atoms with Crippen LogP contribution in [0.1, 0.15) is 15.9 Å². The van der Waals surface area contributed by atoms with Crippen molar-refractivity contribution < 1.29 is 19.1 Å². The van der Waals surface area contributed by atoms with Crippen molar-refractivity contribution in [3.8, 4) is 5.75 Å². The molecule has 1 amide bonds. The van der Waals surface area contributed by atoms with Crippen molar-refractivity contribution in [3.63, 3.8) is 0 Å². The number of hydrogen-bond donors (Lipinski definition) is 1. The fraction of sp³-hybridized carbons (Fsp3) is 0.167. The van der Waals surface area contributed by atoms with Gasteiger partial charge in [0.2, 0.25) is 0 Å². The predicted molar refractivity (Wildman–Crippen MR) is 117 cm³/mol. The fourth-order valence-electron chi connectivity index (χ4n) is 2.67. The van der Waals surface area contributed by atoms with Gasteiger partial charge in [0.15, 0.2) is 6.61 Å². The number of ether oxygens (including phenoxy) is 2. The molecule has 0 heterocycles. The van der Waals surface area contributed by atoms with Gasteiger partial charge in [-0.1, -0.05) is 30.3 Å². The predicted octanol–water partition coefficient (Wildman–Crippen LogP) is 4.13. The molecule has 0 bridgehead atoms. The number of carbonyl (C=O) groups excluding carboxylic acids is 2. The normalized spacial score (nSPS) is 10.2. The van der Waals surface area contributed by atoms with Crippen molar-refractivity contribution >= 4 is 23.3 Å². The highest BCUT2D eigenvalue weighted by Gasteiger charge is 2.11. The third-order valence-electron chi connectivity index (χ3n) is 4.34. The maximum atomic E-state index is 12.2. The van der Waals surface area contributed by atoms with Gasteiger partial charge in [0, 0.05) is 25.5 Å². The van der Waals surface area contributed by atoms with E-state index in [1.807, 2.05) is 61.5 Å². The van der Waals surface area contributed by atoms with Crippen LogP contribution in [-0.2, 0) is 16.1 Å². The van der Waals surface area contributed by atoms with Crippen LogP contribution in [-0.4, -0.2) is 32.6 Å². The van der Waals surface area contributed by atoms with Gasteiger partial charge < -0.3 is 19.7 Å². The van der Waals surface area contributed by atoms with E-state index in [1.54, 1.807) is 36.4 Å². The van der Waals surface area contributed by atoms with Gasteiger partial charge in [-0.3, -0.25) is 4.79 Å². The molecular weight excluding hydrogens is 380 g/mol. The van der Waals surface area contributed by atoms with Gasteiger partial charge in [0.25, 0.3) is 5.91 Å². The van der Waals surface area contributed by atoms with Gasteiger partial charge in [-0.2, -0.15) is 0 Å². The van der Waals surface area contributed by atoms with E-state index in [0.717, 1.165) is 17.0 Å². The molecule has 3 aromatic carbocycles. The molecule has 0 radical (unpaired) electrons. The minimum atomic E-state index is -0.552. The van der Waals surface area contributed by atoms with Gasteiger partial charge in [-0.25, -0.2) is 4.79 Å². The van der Waals surface area contributed by atoms with Crippen molar-refractivity contribution in [3.05, 3.63) is 90.0 Å². The lowest BCUT2D eigenvalue weighted by atomic mass is 10.1. The summed E-state index contributed by atoms with van der Waals surface area (Å²) in [4.78, 5) is 26.2.